The van der Waals surface area contributed by atoms with Gasteiger partial charge in [-0.05, 0) is 18.4 Å². The summed E-state index contributed by atoms with van der Waals surface area (Å²) in [4.78, 5) is 11.5. The summed E-state index contributed by atoms with van der Waals surface area (Å²) in [6.45, 7) is 0. The lowest BCUT2D eigenvalue weighted by Gasteiger charge is -2.09. The second kappa shape index (κ2) is 4.42. The molecule has 0 fully saturated rings. The first kappa shape index (κ1) is 13.7. The molecule has 0 aliphatic heterocycles. The van der Waals surface area contributed by atoms with Gasteiger partial charge in [0.1, 0.15) is 5.82 Å². The van der Waals surface area contributed by atoms with Crippen LogP contribution in [0.1, 0.15) is 22.1 Å². The highest BCUT2D eigenvalue weighted by Gasteiger charge is 2.58. The highest BCUT2D eigenvalue weighted by molar-refractivity contribution is 7.86. The van der Waals surface area contributed by atoms with Gasteiger partial charge in [0.15, 0.2) is 6.17 Å². The third-order valence-corrected chi connectivity index (χ3v) is 4.08. The molecule has 1 aromatic carbocycles. The Labute approximate surface area is 107 Å². The van der Waals surface area contributed by atoms with Crippen molar-refractivity contribution < 1.29 is 22.4 Å². The minimum Gasteiger partial charge on any atom is -0.287 e. The van der Waals surface area contributed by atoms with Crippen LogP contribution in [0.5, 0.6) is 0 Å². The van der Waals surface area contributed by atoms with Crippen molar-refractivity contribution in [2.75, 3.05) is 6.26 Å². The van der Waals surface area contributed by atoms with Gasteiger partial charge in [-0.15, -0.1) is 4.36 Å². The van der Waals surface area contributed by atoms with Crippen LogP contribution in [0.3, 0.4) is 0 Å². The summed E-state index contributed by atoms with van der Waals surface area (Å²) < 4.78 is 57.1. The van der Waals surface area contributed by atoms with E-state index in [2.05, 4.69) is 4.36 Å². The Kier molecular flexibility index (Phi) is 3.18. The fraction of sp³-hybridized carbons (Fsp3) is 0.273. The Balaban J connectivity index is 2.78. The maximum Gasteiger partial charge on any atom is 0.344 e. The van der Waals surface area contributed by atoms with E-state index in [0.29, 0.717) is 0 Å². The van der Waals surface area contributed by atoms with Crippen LogP contribution in [0.2, 0.25) is 0 Å². The lowest BCUT2D eigenvalue weighted by Crippen LogP contribution is -2.26. The average Bonchev–Trinajstić information content (AvgIpc) is 2.53. The minimum absolute atomic E-state index is 0.0530. The predicted molar refractivity (Wildman–Crippen MR) is 59.1 cm³/mol. The highest BCUT2D eigenvalue weighted by Crippen LogP contribution is 2.48. The van der Waals surface area contributed by atoms with E-state index >= 15 is 0 Å². The topological polar surface area (TPSA) is 53.2 Å². The van der Waals surface area contributed by atoms with Crippen LogP contribution in [0.25, 0.3) is 0 Å². The highest BCUT2D eigenvalue weighted by atomic mass is 32.2. The Bertz CT molecular complexity index is 651. The fourth-order valence-corrected chi connectivity index (χ4v) is 2.86. The van der Waals surface area contributed by atoms with Crippen LogP contribution in [0.4, 0.5) is 17.6 Å². The lowest BCUT2D eigenvalue weighted by molar-refractivity contribution is -0.0372. The first-order valence-corrected chi connectivity index (χ1v) is 6.56. The summed E-state index contributed by atoms with van der Waals surface area (Å²) in [6.07, 6.45) is -0.139. The summed E-state index contributed by atoms with van der Waals surface area (Å²) in [7, 11) is -1.22. The van der Waals surface area contributed by atoms with E-state index in [1.165, 1.54) is 12.4 Å². The minimum atomic E-state index is -4.28. The van der Waals surface area contributed by atoms with E-state index in [1.54, 1.807) is 0 Å². The van der Waals surface area contributed by atoms with E-state index in [-0.39, 0.29) is 4.90 Å². The van der Waals surface area contributed by atoms with Crippen LogP contribution < -0.4 is 0 Å². The molecule has 3 nitrogen and oxygen atoms in total. The molecule has 0 radical (unpaired) electrons. The zero-order valence-electron chi connectivity index (χ0n) is 9.45. The van der Waals surface area contributed by atoms with E-state index in [1.807, 2.05) is 0 Å². The summed E-state index contributed by atoms with van der Waals surface area (Å²) in [6, 6.07) is 1.87. The Morgan fingerprint density at radius 2 is 2.11 bits per heavy atom. The molecule has 8 heteroatoms. The molecule has 0 amide bonds. The molecular formula is C11H6F4N2OS. The fourth-order valence-electron chi connectivity index (χ4n) is 1.88. The number of Topliss-reactive ketones (excluding diaryl/α,β-unsaturated/α-hetero) is 1. The molecule has 0 bridgehead atoms. The molecule has 100 valence electrons. The molecule has 2 atom stereocenters. The van der Waals surface area contributed by atoms with Crippen molar-refractivity contribution in [1.29, 1.82) is 5.26 Å². The van der Waals surface area contributed by atoms with Crippen molar-refractivity contribution in [3.05, 3.63) is 29.1 Å². The number of hydrogen-bond donors (Lipinski definition) is 0. The van der Waals surface area contributed by atoms with Gasteiger partial charge in [-0.3, -0.25) is 4.79 Å². The SMILES string of the molecule is C/S(=N\C#N)c1ccc(F)c2c1C(=O)C(F)(F)C2F. The van der Waals surface area contributed by atoms with Crippen molar-refractivity contribution in [3.63, 3.8) is 0 Å². The Hall–Kier alpha value is -1.75. The second-order valence-corrected chi connectivity index (χ2v) is 5.40. The average molecular weight is 290 g/mol. The van der Waals surface area contributed by atoms with Crippen molar-refractivity contribution in [2.45, 2.75) is 17.0 Å². The maximum absolute atomic E-state index is 13.5. The van der Waals surface area contributed by atoms with Crippen LogP contribution in [0, 0.1) is 17.3 Å². The van der Waals surface area contributed by atoms with Gasteiger partial charge in [-0.2, -0.15) is 14.0 Å². The molecule has 0 spiro atoms. The van der Waals surface area contributed by atoms with Gasteiger partial charge >= 0.3 is 5.92 Å². The molecule has 0 saturated carbocycles. The van der Waals surface area contributed by atoms with Gasteiger partial charge in [-0.25, -0.2) is 8.78 Å². The smallest absolute Gasteiger partial charge is 0.287 e. The molecule has 0 N–H and O–H groups in total. The quantitative estimate of drug-likeness (QED) is 0.590. The number of rotatable bonds is 1. The van der Waals surface area contributed by atoms with Gasteiger partial charge in [0.2, 0.25) is 12.0 Å². The largest absolute Gasteiger partial charge is 0.344 e. The first-order chi connectivity index (χ1) is 8.82. The molecule has 1 aliphatic rings. The summed E-state index contributed by atoms with van der Waals surface area (Å²) in [5, 5.41) is 8.43. The molecule has 19 heavy (non-hydrogen) atoms. The number of alkyl halides is 3. The number of ketones is 1. The molecule has 2 rings (SSSR count). The van der Waals surface area contributed by atoms with Crippen molar-refractivity contribution >= 4 is 16.5 Å². The van der Waals surface area contributed by atoms with Crippen molar-refractivity contribution in [3.8, 4) is 6.19 Å². The lowest BCUT2D eigenvalue weighted by atomic mass is 10.1. The van der Waals surface area contributed by atoms with Crippen LogP contribution >= 0.6 is 0 Å². The summed E-state index contributed by atoms with van der Waals surface area (Å²) in [5.74, 6) is -7.25. The number of benzene rings is 1. The van der Waals surface area contributed by atoms with E-state index in [4.69, 9.17) is 5.26 Å². The maximum atomic E-state index is 13.5. The monoisotopic (exact) mass is 290 g/mol. The number of carbonyl (C=O) groups is 1. The number of nitrogens with zero attached hydrogens (tertiary/aromatic N) is 2. The molecule has 2 unspecified atom stereocenters. The summed E-state index contributed by atoms with van der Waals surface area (Å²) >= 11 is 0. The molecule has 1 aliphatic carbocycles. The zero-order valence-corrected chi connectivity index (χ0v) is 10.3. The van der Waals surface area contributed by atoms with Gasteiger partial charge in [0, 0.05) is 16.0 Å². The number of nitriles is 1. The number of halogens is 4. The first-order valence-electron chi connectivity index (χ1n) is 4.97. The number of fused-ring (bicyclic) bond motifs is 1. The normalized spacial score (nSPS) is 22.1. The zero-order chi connectivity index (χ0) is 14.4. The number of carbonyl (C=O) groups excluding carboxylic acids is 1. The van der Waals surface area contributed by atoms with E-state index in [9.17, 15) is 22.4 Å². The molecule has 0 heterocycles. The molecule has 1 aromatic rings. The van der Waals surface area contributed by atoms with Gasteiger partial charge in [0.25, 0.3) is 0 Å². The van der Waals surface area contributed by atoms with Crippen molar-refractivity contribution in [2.24, 2.45) is 4.36 Å². The molecule has 0 saturated heterocycles. The van der Waals surface area contributed by atoms with E-state index in [0.717, 1.165) is 12.1 Å². The third kappa shape index (κ3) is 1.85. The Morgan fingerprint density at radius 3 is 2.68 bits per heavy atom. The van der Waals surface area contributed by atoms with Gasteiger partial charge in [-0.1, -0.05) is 10.7 Å². The third-order valence-electron chi connectivity index (χ3n) is 2.75. The molecule has 0 aromatic heterocycles. The van der Waals surface area contributed by atoms with Crippen LogP contribution in [0.15, 0.2) is 21.4 Å². The van der Waals surface area contributed by atoms with Gasteiger partial charge in [0.05, 0.1) is 0 Å². The van der Waals surface area contributed by atoms with Crippen LogP contribution in [-0.2, 0) is 10.7 Å². The molecular weight excluding hydrogens is 284 g/mol. The predicted octanol–water partition coefficient (Wildman–Crippen LogP) is 2.94. The van der Waals surface area contributed by atoms with Crippen molar-refractivity contribution in [1.82, 2.24) is 0 Å². The summed E-state index contributed by atoms with van der Waals surface area (Å²) in [5.41, 5.74) is -1.64. The van der Waals surface area contributed by atoms with Gasteiger partial charge < -0.3 is 0 Å². The standard InChI is InChI=1S/C11H6F4N2OS/c1-19(17-4-16)6-3-2-5(12)7-8(6)10(18)11(14,15)9(7)13/h2-3,9H,1H3. The van der Waals surface area contributed by atoms with E-state index < -0.39 is 45.5 Å². The van der Waals surface area contributed by atoms with Crippen LogP contribution in [-0.4, -0.2) is 18.0 Å². The number of hydrogen-bond acceptors (Lipinski definition) is 3. The Morgan fingerprint density at radius 1 is 1.47 bits per heavy atom. The second-order valence-electron chi connectivity index (χ2n) is 3.82.